The number of piperidine rings is 1. The van der Waals surface area contributed by atoms with Gasteiger partial charge in [0.05, 0.1) is 0 Å². The van der Waals surface area contributed by atoms with Crippen LogP contribution in [-0.4, -0.2) is 48.1 Å². The van der Waals surface area contributed by atoms with Gasteiger partial charge in [0.15, 0.2) is 0 Å². The standard InChI is InChI=1S/C18H24ClN5/c1-23(2)18-11-17(20-13-21-18)22-16-7-9-24(10-8-16)12-14-3-5-15(19)6-4-14/h3-6,11,13,16H,7-10,12H2,1-2H3,(H,20,21,22). The van der Waals surface area contributed by atoms with E-state index in [0.29, 0.717) is 6.04 Å². The Hall–Kier alpha value is -1.85. The normalized spacial score (nSPS) is 16.1. The Bertz CT molecular complexity index is 651. The van der Waals surface area contributed by atoms with E-state index in [1.54, 1.807) is 6.33 Å². The van der Waals surface area contributed by atoms with Crippen molar-refractivity contribution in [2.24, 2.45) is 0 Å². The van der Waals surface area contributed by atoms with Gasteiger partial charge in [-0.3, -0.25) is 4.90 Å². The Morgan fingerprint density at radius 3 is 2.54 bits per heavy atom. The fourth-order valence-corrected chi connectivity index (χ4v) is 3.09. The minimum absolute atomic E-state index is 0.469. The quantitative estimate of drug-likeness (QED) is 0.901. The smallest absolute Gasteiger partial charge is 0.133 e. The SMILES string of the molecule is CN(C)c1cc(NC2CCN(Cc3ccc(Cl)cc3)CC2)ncn1. The summed E-state index contributed by atoms with van der Waals surface area (Å²) in [6.45, 7) is 3.17. The molecular weight excluding hydrogens is 322 g/mol. The lowest BCUT2D eigenvalue weighted by molar-refractivity contribution is 0.211. The van der Waals surface area contributed by atoms with Crippen molar-refractivity contribution < 1.29 is 0 Å². The third kappa shape index (κ3) is 4.58. The van der Waals surface area contributed by atoms with Gasteiger partial charge in [-0.1, -0.05) is 23.7 Å². The van der Waals surface area contributed by atoms with Gasteiger partial charge in [0.1, 0.15) is 18.0 Å². The van der Waals surface area contributed by atoms with Crippen LogP contribution >= 0.6 is 11.6 Å². The first kappa shape index (κ1) is 17.0. The van der Waals surface area contributed by atoms with Crippen molar-refractivity contribution in [3.05, 3.63) is 47.2 Å². The van der Waals surface area contributed by atoms with Gasteiger partial charge in [0.25, 0.3) is 0 Å². The topological polar surface area (TPSA) is 44.3 Å². The van der Waals surface area contributed by atoms with Crippen molar-refractivity contribution in [1.82, 2.24) is 14.9 Å². The first-order valence-electron chi connectivity index (χ1n) is 8.33. The second-order valence-electron chi connectivity index (χ2n) is 6.48. The molecule has 0 aliphatic carbocycles. The number of aromatic nitrogens is 2. The van der Waals surface area contributed by atoms with Crippen molar-refractivity contribution in [2.45, 2.75) is 25.4 Å². The Balaban J connectivity index is 1.50. The first-order valence-corrected chi connectivity index (χ1v) is 8.70. The second kappa shape index (κ2) is 7.81. The lowest BCUT2D eigenvalue weighted by Crippen LogP contribution is -2.38. The van der Waals surface area contributed by atoms with Crippen LogP contribution in [0.15, 0.2) is 36.7 Å². The highest BCUT2D eigenvalue weighted by molar-refractivity contribution is 6.30. The average molecular weight is 346 g/mol. The van der Waals surface area contributed by atoms with Crippen LogP contribution in [-0.2, 0) is 6.54 Å². The number of nitrogens with zero attached hydrogens (tertiary/aromatic N) is 4. The molecule has 3 rings (SSSR count). The van der Waals surface area contributed by atoms with Crippen LogP contribution in [0.2, 0.25) is 5.02 Å². The average Bonchev–Trinajstić information content (AvgIpc) is 2.59. The van der Waals surface area contributed by atoms with E-state index in [1.807, 2.05) is 37.2 Å². The number of anilines is 2. The zero-order valence-corrected chi connectivity index (χ0v) is 15.0. The molecule has 0 atom stereocenters. The molecule has 2 heterocycles. The zero-order chi connectivity index (χ0) is 16.9. The molecule has 0 bridgehead atoms. The molecule has 5 nitrogen and oxygen atoms in total. The lowest BCUT2D eigenvalue weighted by Gasteiger charge is -2.32. The van der Waals surface area contributed by atoms with Crippen molar-refractivity contribution in [3.8, 4) is 0 Å². The minimum atomic E-state index is 0.469. The van der Waals surface area contributed by atoms with Gasteiger partial charge in [-0.2, -0.15) is 0 Å². The summed E-state index contributed by atoms with van der Waals surface area (Å²) in [6.07, 6.45) is 3.86. The van der Waals surface area contributed by atoms with Crippen molar-refractivity contribution in [3.63, 3.8) is 0 Å². The maximum absolute atomic E-state index is 5.95. The molecule has 1 aliphatic rings. The summed E-state index contributed by atoms with van der Waals surface area (Å²) >= 11 is 5.95. The van der Waals surface area contributed by atoms with Crippen LogP contribution in [0.3, 0.4) is 0 Å². The molecule has 0 spiro atoms. The monoisotopic (exact) mass is 345 g/mol. The number of hydrogen-bond acceptors (Lipinski definition) is 5. The third-order valence-electron chi connectivity index (χ3n) is 4.37. The molecule has 0 radical (unpaired) electrons. The Kier molecular flexibility index (Phi) is 5.53. The molecular formula is C18H24ClN5. The molecule has 0 amide bonds. The number of halogens is 1. The Labute approximate surface area is 148 Å². The van der Waals surface area contributed by atoms with E-state index in [2.05, 4.69) is 32.3 Å². The van der Waals surface area contributed by atoms with Crippen LogP contribution in [0.4, 0.5) is 11.6 Å². The lowest BCUT2D eigenvalue weighted by atomic mass is 10.0. The molecule has 0 unspecified atom stereocenters. The Morgan fingerprint density at radius 1 is 1.17 bits per heavy atom. The van der Waals surface area contributed by atoms with Gasteiger partial charge in [0, 0.05) is 50.9 Å². The number of rotatable bonds is 5. The van der Waals surface area contributed by atoms with Crippen molar-refractivity contribution >= 4 is 23.2 Å². The highest BCUT2D eigenvalue weighted by atomic mass is 35.5. The fraction of sp³-hybridized carbons (Fsp3) is 0.444. The summed E-state index contributed by atoms with van der Waals surface area (Å²) in [5.74, 6) is 1.83. The molecule has 0 saturated carbocycles. The predicted molar refractivity (Wildman–Crippen MR) is 99.7 cm³/mol. The van der Waals surface area contributed by atoms with Crippen molar-refractivity contribution in [1.29, 1.82) is 0 Å². The second-order valence-corrected chi connectivity index (χ2v) is 6.91. The van der Waals surface area contributed by atoms with E-state index in [0.717, 1.165) is 49.1 Å². The molecule has 24 heavy (non-hydrogen) atoms. The van der Waals surface area contributed by atoms with E-state index in [1.165, 1.54) is 5.56 Å². The van der Waals surface area contributed by atoms with Gasteiger partial charge < -0.3 is 10.2 Å². The maximum atomic E-state index is 5.95. The minimum Gasteiger partial charge on any atom is -0.367 e. The van der Waals surface area contributed by atoms with Gasteiger partial charge in [-0.05, 0) is 30.5 Å². The number of hydrogen-bond donors (Lipinski definition) is 1. The summed E-state index contributed by atoms with van der Waals surface area (Å²) in [7, 11) is 3.97. The van der Waals surface area contributed by atoms with E-state index in [-0.39, 0.29) is 0 Å². The van der Waals surface area contributed by atoms with E-state index >= 15 is 0 Å². The molecule has 1 aliphatic heterocycles. The van der Waals surface area contributed by atoms with E-state index in [4.69, 9.17) is 11.6 Å². The molecule has 1 fully saturated rings. The molecule has 1 saturated heterocycles. The Morgan fingerprint density at radius 2 is 1.88 bits per heavy atom. The van der Waals surface area contributed by atoms with Crippen LogP contribution in [0.25, 0.3) is 0 Å². The largest absolute Gasteiger partial charge is 0.367 e. The maximum Gasteiger partial charge on any atom is 0.133 e. The number of likely N-dealkylation sites (tertiary alicyclic amines) is 1. The molecule has 1 aromatic heterocycles. The van der Waals surface area contributed by atoms with Gasteiger partial charge in [-0.15, -0.1) is 0 Å². The van der Waals surface area contributed by atoms with Gasteiger partial charge in [0.2, 0.25) is 0 Å². The fourth-order valence-electron chi connectivity index (χ4n) is 2.96. The van der Waals surface area contributed by atoms with Gasteiger partial charge in [-0.25, -0.2) is 9.97 Å². The summed E-state index contributed by atoms with van der Waals surface area (Å²) in [5, 5.41) is 4.34. The van der Waals surface area contributed by atoms with Crippen LogP contribution < -0.4 is 10.2 Å². The molecule has 6 heteroatoms. The number of benzene rings is 1. The summed E-state index contributed by atoms with van der Waals surface area (Å²) in [6, 6.07) is 10.6. The molecule has 2 aromatic rings. The van der Waals surface area contributed by atoms with E-state index < -0.39 is 0 Å². The molecule has 128 valence electrons. The molecule has 1 aromatic carbocycles. The summed E-state index contributed by atoms with van der Waals surface area (Å²) < 4.78 is 0. The summed E-state index contributed by atoms with van der Waals surface area (Å²) in [4.78, 5) is 13.1. The van der Waals surface area contributed by atoms with E-state index in [9.17, 15) is 0 Å². The highest BCUT2D eigenvalue weighted by Crippen LogP contribution is 2.19. The predicted octanol–water partition coefficient (Wildman–Crippen LogP) is 3.27. The number of nitrogens with one attached hydrogen (secondary N) is 1. The van der Waals surface area contributed by atoms with Crippen LogP contribution in [0.1, 0.15) is 18.4 Å². The highest BCUT2D eigenvalue weighted by Gasteiger charge is 2.19. The molecule has 1 N–H and O–H groups in total. The summed E-state index contributed by atoms with van der Waals surface area (Å²) in [5.41, 5.74) is 1.32. The first-order chi connectivity index (χ1) is 11.6. The third-order valence-corrected chi connectivity index (χ3v) is 4.62. The zero-order valence-electron chi connectivity index (χ0n) is 14.2. The van der Waals surface area contributed by atoms with Crippen molar-refractivity contribution in [2.75, 3.05) is 37.4 Å². The van der Waals surface area contributed by atoms with Gasteiger partial charge >= 0.3 is 0 Å². The van der Waals surface area contributed by atoms with Crippen LogP contribution in [0, 0.1) is 0 Å². The van der Waals surface area contributed by atoms with Crippen LogP contribution in [0.5, 0.6) is 0 Å².